The second-order valence-electron chi connectivity index (χ2n) is 8.80. The first kappa shape index (κ1) is 23.1. The van der Waals surface area contributed by atoms with Crippen LogP contribution in [-0.2, 0) is 9.59 Å². The Hall–Kier alpha value is -4.06. The van der Waals surface area contributed by atoms with E-state index in [9.17, 15) is 19.8 Å². The number of hydrogen-bond acceptors (Lipinski definition) is 5. The van der Waals surface area contributed by atoms with Crippen molar-refractivity contribution in [1.29, 1.82) is 0 Å². The summed E-state index contributed by atoms with van der Waals surface area (Å²) in [5.41, 5.74) is 3.40. The van der Waals surface area contributed by atoms with Crippen LogP contribution in [0.2, 0.25) is 0 Å². The first-order valence-corrected chi connectivity index (χ1v) is 11.1. The first-order chi connectivity index (χ1) is 16.2. The molecule has 0 spiro atoms. The maximum atomic E-state index is 13.3. The highest BCUT2D eigenvalue weighted by molar-refractivity contribution is 6.51. The molecule has 0 radical (unpaired) electrons. The van der Waals surface area contributed by atoms with E-state index in [-0.39, 0.29) is 23.2 Å². The molecule has 3 aromatic carbocycles. The molecule has 6 heteroatoms. The van der Waals surface area contributed by atoms with Gasteiger partial charge in [-0.3, -0.25) is 14.5 Å². The van der Waals surface area contributed by atoms with Gasteiger partial charge in [-0.2, -0.15) is 0 Å². The summed E-state index contributed by atoms with van der Waals surface area (Å²) in [4.78, 5) is 28.0. The molecule has 1 fully saturated rings. The van der Waals surface area contributed by atoms with Crippen molar-refractivity contribution in [2.45, 2.75) is 39.8 Å². The van der Waals surface area contributed by atoms with E-state index in [1.807, 2.05) is 45.9 Å². The van der Waals surface area contributed by atoms with Crippen LogP contribution < -0.4 is 9.64 Å². The number of ketones is 1. The Bertz CT molecular complexity index is 1270. The number of rotatable bonds is 5. The van der Waals surface area contributed by atoms with Crippen molar-refractivity contribution in [2.75, 3.05) is 4.90 Å². The minimum absolute atomic E-state index is 0.0171. The first-order valence-electron chi connectivity index (χ1n) is 11.1. The second-order valence-corrected chi connectivity index (χ2v) is 8.80. The third kappa shape index (κ3) is 4.39. The van der Waals surface area contributed by atoms with Gasteiger partial charge in [0.25, 0.3) is 11.7 Å². The zero-order valence-corrected chi connectivity index (χ0v) is 19.6. The summed E-state index contributed by atoms with van der Waals surface area (Å²) < 4.78 is 5.73. The van der Waals surface area contributed by atoms with E-state index in [1.165, 1.54) is 17.0 Å². The highest BCUT2D eigenvalue weighted by Gasteiger charge is 2.47. The lowest BCUT2D eigenvalue weighted by atomic mass is 9.95. The number of aromatic hydroxyl groups is 1. The van der Waals surface area contributed by atoms with Gasteiger partial charge in [0.15, 0.2) is 0 Å². The summed E-state index contributed by atoms with van der Waals surface area (Å²) in [6.07, 6.45) is -0.0652. The average Bonchev–Trinajstić information content (AvgIpc) is 3.03. The molecule has 0 aromatic heterocycles. The summed E-state index contributed by atoms with van der Waals surface area (Å²) in [5, 5.41) is 21.1. The van der Waals surface area contributed by atoms with Gasteiger partial charge in [-0.15, -0.1) is 0 Å². The number of carbonyl (C=O) groups excluding carboxylic acids is 2. The van der Waals surface area contributed by atoms with Gasteiger partial charge in [-0.25, -0.2) is 0 Å². The van der Waals surface area contributed by atoms with Crippen LogP contribution in [0.1, 0.15) is 42.1 Å². The number of amides is 1. The quantitative estimate of drug-likeness (QED) is 0.303. The zero-order valence-electron chi connectivity index (χ0n) is 19.6. The number of carbonyl (C=O) groups is 2. The van der Waals surface area contributed by atoms with Gasteiger partial charge in [0.2, 0.25) is 0 Å². The number of benzene rings is 3. The van der Waals surface area contributed by atoms with E-state index in [0.717, 1.165) is 11.1 Å². The molecule has 1 heterocycles. The van der Waals surface area contributed by atoms with Crippen LogP contribution in [-0.4, -0.2) is 28.0 Å². The Balaban J connectivity index is 1.92. The van der Waals surface area contributed by atoms with E-state index in [0.29, 0.717) is 22.6 Å². The number of aliphatic hydroxyl groups excluding tert-OH is 1. The fourth-order valence-electron chi connectivity index (χ4n) is 4.30. The van der Waals surface area contributed by atoms with Gasteiger partial charge < -0.3 is 14.9 Å². The van der Waals surface area contributed by atoms with Crippen molar-refractivity contribution in [3.8, 4) is 11.5 Å². The minimum Gasteiger partial charge on any atom is -0.508 e. The lowest BCUT2D eigenvalue weighted by Gasteiger charge is -2.26. The van der Waals surface area contributed by atoms with Gasteiger partial charge in [-0.1, -0.05) is 30.3 Å². The number of aliphatic hydroxyl groups is 1. The fourth-order valence-corrected chi connectivity index (χ4v) is 4.30. The largest absolute Gasteiger partial charge is 0.508 e. The molecule has 1 aliphatic heterocycles. The van der Waals surface area contributed by atoms with Crippen molar-refractivity contribution in [2.24, 2.45) is 0 Å². The third-order valence-electron chi connectivity index (χ3n) is 5.62. The van der Waals surface area contributed by atoms with Crippen LogP contribution in [0.3, 0.4) is 0 Å². The zero-order chi connectivity index (χ0) is 24.6. The minimum atomic E-state index is -0.864. The maximum absolute atomic E-state index is 13.3. The summed E-state index contributed by atoms with van der Waals surface area (Å²) >= 11 is 0. The molecule has 3 aromatic rings. The summed E-state index contributed by atoms with van der Waals surface area (Å²) in [6.45, 7) is 7.63. The fraction of sp³-hybridized carbons (Fsp3) is 0.214. The maximum Gasteiger partial charge on any atom is 0.300 e. The molecule has 1 aliphatic rings. The van der Waals surface area contributed by atoms with E-state index < -0.39 is 17.7 Å². The number of ether oxygens (including phenoxy) is 1. The number of phenolic OH excluding ortho intramolecular Hbond substituents is 1. The monoisotopic (exact) mass is 457 g/mol. The summed E-state index contributed by atoms with van der Waals surface area (Å²) in [5.74, 6) is -1.17. The highest BCUT2D eigenvalue weighted by Crippen LogP contribution is 2.43. The molecule has 1 amide bonds. The van der Waals surface area contributed by atoms with E-state index in [1.54, 1.807) is 36.4 Å². The molecule has 4 rings (SSSR count). The van der Waals surface area contributed by atoms with Crippen molar-refractivity contribution < 1.29 is 24.5 Å². The predicted molar refractivity (Wildman–Crippen MR) is 131 cm³/mol. The molecule has 6 nitrogen and oxygen atoms in total. The number of nitrogens with zero attached hydrogens (tertiary/aromatic N) is 1. The molecular formula is C28H27NO5. The molecule has 0 bridgehead atoms. The molecule has 1 unspecified atom stereocenters. The van der Waals surface area contributed by atoms with Gasteiger partial charge >= 0.3 is 0 Å². The molecule has 2 N–H and O–H groups in total. The number of anilines is 1. The van der Waals surface area contributed by atoms with Crippen molar-refractivity contribution in [3.63, 3.8) is 0 Å². The Morgan fingerprint density at radius 1 is 0.941 bits per heavy atom. The molecular weight excluding hydrogens is 430 g/mol. The summed E-state index contributed by atoms with van der Waals surface area (Å²) in [6, 6.07) is 17.9. The van der Waals surface area contributed by atoms with Gasteiger partial charge in [0.05, 0.1) is 17.7 Å². The van der Waals surface area contributed by atoms with Crippen molar-refractivity contribution >= 4 is 23.1 Å². The standard InChI is InChI=1S/C28H27NO5/c1-16(2)34-23-7-5-6-20(15-23)26(31)24-25(19-8-10-22(30)11-9-19)29(28(33)27(24)32)21-13-17(3)12-18(4)14-21/h5-16,25,30-31H,1-4H3/b26-24+. The third-order valence-corrected chi connectivity index (χ3v) is 5.62. The van der Waals surface area contributed by atoms with E-state index in [2.05, 4.69) is 0 Å². The molecule has 1 atom stereocenters. The van der Waals surface area contributed by atoms with Gasteiger partial charge in [-0.05, 0) is 80.8 Å². The van der Waals surface area contributed by atoms with Crippen molar-refractivity contribution in [3.05, 3.63) is 94.6 Å². The van der Waals surface area contributed by atoms with Crippen LogP contribution in [0.15, 0.2) is 72.3 Å². The molecule has 0 saturated carbocycles. The van der Waals surface area contributed by atoms with Gasteiger partial charge in [0.1, 0.15) is 17.3 Å². The van der Waals surface area contributed by atoms with E-state index in [4.69, 9.17) is 4.74 Å². The Kier molecular flexibility index (Phi) is 6.16. The van der Waals surface area contributed by atoms with E-state index >= 15 is 0 Å². The molecule has 174 valence electrons. The Labute approximate surface area is 198 Å². The highest BCUT2D eigenvalue weighted by atomic mass is 16.5. The normalized spacial score (nSPS) is 17.4. The Morgan fingerprint density at radius 2 is 1.59 bits per heavy atom. The van der Waals surface area contributed by atoms with Crippen LogP contribution in [0.4, 0.5) is 5.69 Å². The SMILES string of the molecule is Cc1cc(C)cc(N2C(=O)C(=O)/C(=C(/O)c3cccc(OC(C)C)c3)C2c2ccc(O)cc2)c1. The average molecular weight is 458 g/mol. The predicted octanol–water partition coefficient (Wildman–Crippen LogP) is 5.42. The number of phenols is 1. The number of hydrogen-bond donors (Lipinski definition) is 2. The van der Waals surface area contributed by atoms with Crippen LogP contribution >= 0.6 is 0 Å². The molecule has 1 saturated heterocycles. The molecule has 0 aliphatic carbocycles. The van der Waals surface area contributed by atoms with Gasteiger partial charge in [0, 0.05) is 11.3 Å². The lowest BCUT2D eigenvalue weighted by molar-refractivity contribution is -0.132. The second kappa shape index (κ2) is 9.06. The van der Waals surface area contributed by atoms with Crippen LogP contribution in [0.5, 0.6) is 11.5 Å². The lowest BCUT2D eigenvalue weighted by Crippen LogP contribution is -2.29. The van der Waals surface area contributed by atoms with Crippen molar-refractivity contribution in [1.82, 2.24) is 0 Å². The smallest absolute Gasteiger partial charge is 0.300 e. The number of aryl methyl sites for hydroxylation is 2. The summed E-state index contributed by atoms with van der Waals surface area (Å²) in [7, 11) is 0. The topological polar surface area (TPSA) is 87.1 Å². The van der Waals surface area contributed by atoms with Crippen LogP contribution in [0.25, 0.3) is 5.76 Å². The number of Topliss-reactive ketones (excluding diaryl/α,β-unsaturated/α-hetero) is 1. The molecule has 34 heavy (non-hydrogen) atoms. The Morgan fingerprint density at radius 3 is 2.21 bits per heavy atom. The van der Waals surface area contributed by atoms with Crippen LogP contribution in [0, 0.1) is 13.8 Å².